The number of rotatable bonds is 6. The van der Waals surface area contributed by atoms with Gasteiger partial charge < -0.3 is 10.8 Å². The highest BCUT2D eigenvalue weighted by Gasteiger charge is 2.16. The largest absolute Gasteiger partial charge is 0.396 e. The van der Waals surface area contributed by atoms with Crippen molar-refractivity contribution >= 4 is 11.8 Å². The highest BCUT2D eigenvalue weighted by atomic mass is 32.2. The van der Waals surface area contributed by atoms with Crippen molar-refractivity contribution in [3.05, 3.63) is 35.6 Å². The average Bonchev–Trinajstić information content (AvgIpc) is 2.24. The van der Waals surface area contributed by atoms with Crippen molar-refractivity contribution in [2.24, 2.45) is 5.73 Å². The van der Waals surface area contributed by atoms with E-state index in [0.29, 0.717) is 0 Å². The first kappa shape index (κ1) is 13.5. The van der Waals surface area contributed by atoms with Crippen LogP contribution < -0.4 is 5.73 Å². The van der Waals surface area contributed by atoms with Crippen LogP contribution in [0.25, 0.3) is 0 Å². The van der Waals surface area contributed by atoms with Gasteiger partial charge in [-0.15, -0.1) is 0 Å². The van der Waals surface area contributed by atoms with Crippen LogP contribution in [0.15, 0.2) is 24.3 Å². The van der Waals surface area contributed by atoms with E-state index < -0.39 is 0 Å². The molecule has 0 saturated heterocycles. The minimum absolute atomic E-state index is 0.0366. The van der Waals surface area contributed by atoms with Crippen LogP contribution in [0.3, 0.4) is 0 Å². The van der Waals surface area contributed by atoms with Crippen LogP contribution in [0.5, 0.6) is 0 Å². The molecule has 0 fully saturated rings. The Morgan fingerprint density at radius 3 is 2.81 bits per heavy atom. The molecule has 1 aromatic carbocycles. The molecule has 16 heavy (non-hydrogen) atoms. The van der Waals surface area contributed by atoms with Crippen molar-refractivity contribution in [2.45, 2.75) is 24.6 Å². The highest BCUT2D eigenvalue weighted by molar-refractivity contribution is 7.99. The normalized spacial score (nSPS) is 14.8. The Morgan fingerprint density at radius 2 is 2.25 bits per heavy atom. The van der Waals surface area contributed by atoms with Gasteiger partial charge in [-0.05, 0) is 36.8 Å². The fraction of sp³-hybridized carbons (Fsp3) is 0.500. The van der Waals surface area contributed by atoms with E-state index in [1.807, 2.05) is 13.0 Å². The maximum atomic E-state index is 13.1. The third-order valence-electron chi connectivity index (χ3n) is 2.25. The quantitative estimate of drug-likeness (QED) is 0.754. The molecule has 0 amide bonds. The van der Waals surface area contributed by atoms with E-state index in [9.17, 15) is 4.39 Å². The van der Waals surface area contributed by atoms with Gasteiger partial charge in [0.2, 0.25) is 0 Å². The third-order valence-corrected chi connectivity index (χ3v) is 3.84. The van der Waals surface area contributed by atoms with Gasteiger partial charge in [0.15, 0.2) is 0 Å². The van der Waals surface area contributed by atoms with Gasteiger partial charge in [0.1, 0.15) is 5.82 Å². The van der Waals surface area contributed by atoms with Crippen molar-refractivity contribution < 1.29 is 9.50 Å². The molecular formula is C12H18FNOS. The first-order chi connectivity index (χ1) is 7.65. The predicted octanol–water partition coefficient (Wildman–Crippen LogP) is 2.33. The summed E-state index contributed by atoms with van der Waals surface area (Å²) < 4.78 is 13.1. The second-order valence-electron chi connectivity index (χ2n) is 3.78. The van der Waals surface area contributed by atoms with E-state index in [4.69, 9.17) is 10.8 Å². The van der Waals surface area contributed by atoms with Crippen molar-refractivity contribution in [1.82, 2.24) is 0 Å². The van der Waals surface area contributed by atoms with Gasteiger partial charge in [-0.3, -0.25) is 0 Å². The van der Waals surface area contributed by atoms with Crippen molar-refractivity contribution in [2.75, 3.05) is 12.4 Å². The topological polar surface area (TPSA) is 46.2 Å². The lowest BCUT2D eigenvalue weighted by Gasteiger charge is -2.20. The Balaban J connectivity index is 2.69. The van der Waals surface area contributed by atoms with Crippen molar-refractivity contribution in [3.8, 4) is 0 Å². The number of hydrogen-bond acceptors (Lipinski definition) is 3. The first-order valence-electron chi connectivity index (χ1n) is 5.38. The maximum absolute atomic E-state index is 13.1. The van der Waals surface area contributed by atoms with Crippen LogP contribution in [-0.2, 0) is 0 Å². The van der Waals surface area contributed by atoms with E-state index in [-0.39, 0.29) is 23.7 Å². The molecule has 90 valence electrons. The van der Waals surface area contributed by atoms with Crippen LogP contribution in [0.4, 0.5) is 4.39 Å². The molecule has 0 saturated carbocycles. The fourth-order valence-electron chi connectivity index (χ4n) is 1.51. The second-order valence-corrected chi connectivity index (χ2v) is 5.03. The third kappa shape index (κ3) is 4.12. The lowest BCUT2D eigenvalue weighted by Crippen LogP contribution is -2.23. The minimum Gasteiger partial charge on any atom is -0.396 e. The summed E-state index contributed by atoms with van der Waals surface area (Å²) in [6, 6.07) is 6.51. The van der Waals surface area contributed by atoms with E-state index in [2.05, 4.69) is 0 Å². The molecule has 0 bridgehead atoms. The summed E-state index contributed by atoms with van der Waals surface area (Å²) in [7, 11) is 0. The lowest BCUT2D eigenvalue weighted by molar-refractivity contribution is 0.296. The molecule has 4 heteroatoms. The molecule has 0 aliphatic rings. The van der Waals surface area contributed by atoms with Gasteiger partial charge in [-0.25, -0.2) is 4.39 Å². The Labute approximate surface area is 100 Å². The smallest absolute Gasteiger partial charge is 0.123 e. The Kier molecular flexibility index (Phi) is 5.80. The van der Waals surface area contributed by atoms with Crippen LogP contribution in [0.1, 0.15) is 24.2 Å². The monoisotopic (exact) mass is 243 g/mol. The number of halogens is 1. The maximum Gasteiger partial charge on any atom is 0.123 e. The molecule has 3 N–H and O–H groups in total. The number of benzene rings is 1. The predicted molar refractivity (Wildman–Crippen MR) is 67.0 cm³/mol. The number of aliphatic hydroxyl groups is 1. The molecule has 0 aromatic heterocycles. The van der Waals surface area contributed by atoms with Gasteiger partial charge in [-0.1, -0.05) is 12.1 Å². The zero-order chi connectivity index (χ0) is 12.0. The van der Waals surface area contributed by atoms with Crippen LogP contribution >= 0.6 is 11.8 Å². The highest BCUT2D eigenvalue weighted by Crippen LogP contribution is 2.31. The molecule has 0 aliphatic heterocycles. The average molecular weight is 243 g/mol. The number of nitrogens with two attached hydrogens (primary N) is 1. The van der Waals surface area contributed by atoms with Gasteiger partial charge in [-0.2, -0.15) is 11.8 Å². The molecule has 2 atom stereocenters. The van der Waals surface area contributed by atoms with Gasteiger partial charge in [0, 0.05) is 17.9 Å². The summed E-state index contributed by atoms with van der Waals surface area (Å²) in [4.78, 5) is 0. The molecule has 0 spiro atoms. The minimum atomic E-state index is -0.231. The molecular weight excluding hydrogens is 225 g/mol. The fourth-order valence-corrected chi connectivity index (χ4v) is 2.70. The molecule has 0 heterocycles. The van der Waals surface area contributed by atoms with E-state index in [0.717, 1.165) is 17.7 Å². The summed E-state index contributed by atoms with van der Waals surface area (Å²) in [6.45, 7) is 2.10. The summed E-state index contributed by atoms with van der Waals surface area (Å²) >= 11 is 1.66. The van der Waals surface area contributed by atoms with Crippen molar-refractivity contribution in [1.29, 1.82) is 0 Å². The zero-order valence-electron chi connectivity index (χ0n) is 9.40. The molecule has 1 aromatic rings. The Morgan fingerprint density at radius 1 is 1.50 bits per heavy atom. The van der Waals surface area contributed by atoms with Crippen LogP contribution in [-0.4, -0.2) is 23.5 Å². The summed E-state index contributed by atoms with van der Waals surface area (Å²) in [5.41, 5.74) is 6.81. The Hall–Kier alpha value is -0.580. The standard InChI is InChI=1S/C12H18FNOS/c1-9(14)12(16-7-3-6-15)10-4-2-5-11(13)8-10/h2,4-5,8-9,12,15H,3,6-7,14H2,1H3. The van der Waals surface area contributed by atoms with Gasteiger partial charge in [0.25, 0.3) is 0 Å². The SMILES string of the molecule is CC(N)C(SCCCO)c1cccc(F)c1. The summed E-state index contributed by atoms with van der Waals surface area (Å²) in [6.07, 6.45) is 0.739. The van der Waals surface area contributed by atoms with E-state index >= 15 is 0 Å². The van der Waals surface area contributed by atoms with E-state index in [1.54, 1.807) is 17.8 Å². The van der Waals surface area contributed by atoms with E-state index in [1.165, 1.54) is 12.1 Å². The summed E-state index contributed by atoms with van der Waals surface area (Å²) in [5, 5.41) is 8.81. The zero-order valence-corrected chi connectivity index (χ0v) is 10.2. The molecule has 2 unspecified atom stereocenters. The van der Waals surface area contributed by atoms with Crippen LogP contribution in [0, 0.1) is 5.82 Å². The number of hydrogen-bond donors (Lipinski definition) is 2. The number of aliphatic hydroxyl groups excluding tert-OH is 1. The first-order valence-corrected chi connectivity index (χ1v) is 6.43. The Bertz CT molecular complexity index is 320. The number of thioether (sulfide) groups is 1. The van der Waals surface area contributed by atoms with Crippen molar-refractivity contribution in [3.63, 3.8) is 0 Å². The van der Waals surface area contributed by atoms with Gasteiger partial charge >= 0.3 is 0 Å². The summed E-state index contributed by atoms with van der Waals surface area (Å²) in [5.74, 6) is 0.602. The van der Waals surface area contributed by atoms with Gasteiger partial charge in [0.05, 0.1) is 0 Å². The second kappa shape index (κ2) is 6.89. The lowest BCUT2D eigenvalue weighted by atomic mass is 10.1. The van der Waals surface area contributed by atoms with Crippen LogP contribution in [0.2, 0.25) is 0 Å². The molecule has 0 aliphatic carbocycles. The molecule has 0 radical (unpaired) electrons. The molecule has 1 rings (SSSR count). The molecule has 2 nitrogen and oxygen atoms in total.